The highest BCUT2D eigenvalue weighted by Crippen LogP contribution is 2.29. The third kappa shape index (κ3) is 3.33. The molecular formula is C15H18N2O3S. The monoisotopic (exact) mass is 306 g/mol. The van der Waals surface area contributed by atoms with Crippen molar-refractivity contribution in [3.05, 3.63) is 41.1 Å². The van der Waals surface area contributed by atoms with Crippen LogP contribution in [-0.2, 0) is 9.53 Å². The van der Waals surface area contributed by atoms with E-state index < -0.39 is 0 Å². The maximum Gasteiger partial charge on any atom is 0.338 e. The number of rotatable bonds is 4. The number of hydrogen-bond acceptors (Lipinski definition) is 4. The van der Waals surface area contributed by atoms with Crippen LogP contribution < -0.4 is 15.4 Å². The Morgan fingerprint density at radius 3 is 2.86 bits per heavy atom. The van der Waals surface area contributed by atoms with Crippen LogP contribution in [0.3, 0.4) is 0 Å². The Morgan fingerprint density at radius 2 is 2.19 bits per heavy atom. The minimum Gasteiger partial charge on any atom is -0.497 e. The quantitative estimate of drug-likeness (QED) is 0.656. The summed E-state index contributed by atoms with van der Waals surface area (Å²) in [6, 6.07) is 7.16. The van der Waals surface area contributed by atoms with E-state index in [1.54, 1.807) is 14.0 Å². The van der Waals surface area contributed by atoms with E-state index in [2.05, 4.69) is 10.6 Å². The fraction of sp³-hybridized carbons (Fsp3) is 0.333. The van der Waals surface area contributed by atoms with E-state index in [1.807, 2.05) is 31.2 Å². The van der Waals surface area contributed by atoms with Gasteiger partial charge in [-0.05, 0) is 43.8 Å². The minimum atomic E-state index is -0.356. The molecule has 2 N–H and O–H groups in total. The van der Waals surface area contributed by atoms with Crippen LogP contribution in [-0.4, -0.2) is 24.8 Å². The first-order valence-electron chi connectivity index (χ1n) is 6.66. The van der Waals surface area contributed by atoms with E-state index in [9.17, 15) is 4.79 Å². The largest absolute Gasteiger partial charge is 0.497 e. The topological polar surface area (TPSA) is 59.6 Å². The van der Waals surface area contributed by atoms with Crippen molar-refractivity contribution in [1.29, 1.82) is 0 Å². The third-order valence-electron chi connectivity index (χ3n) is 3.19. The number of allylic oxidation sites excluding steroid dienone is 1. The van der Waals surface area contributed by atoms with E-state index in [0.29, 0.717) is 23.0 Å². The Hall–Kier alpha value is -2.08. The highest BCUT2D eigenvalue weighted by Gasteiger charge is 2.30. The number of esters is 1. The van der Waals surface area contributed by atoms with Gasteiger partial charge in [0.25, 0.3) is 0 Å². The van der Waals surface area contributed by atoms with Crippen LogP contribution in [0.15, 0.2) is 35.5 Å². The molecule has 1 atom stereocenters. The van der Waals surface area contributed by atoms with Crippen molar-refractivity contribution in [3.8, 4) is 5.75 Å². The molecular weight excluding hydrogens is 288 g/mol. The molecule has 0 saturated carbocycles. The highest BCUT2D eigenvalue weighted by molar-refractivity contribution is 7.80. The molecule has 21 heavy (non-hydrogen) atoms. The molecule has 2 rings (SSSR count). The number of hydrogen-bond donors (Lipinski definition) is 2. The van der Waals surface area contributed by atoms with Crippen LogP contribution in [0.25, 0.3) is 0 Å². The molecule has 1 heterocycles. The number of carbonyl (C=O) groups is 1. The second kappa shape index (κ2) is 6.58. The van der Waals surface area contributed by atoms with E-state index in [-0.39, 0.29) is 12.0 Å². The normalized spacial score (nSPS) is 17.9. The second-order valence-electron chi connectivity index (χ2n) is 4.57. The predicted octanol–water partition coefficient (Wildman–Crippen LogP) is 2.05. The molecule has 1 aromatic carbocycles. The fourth-order valence-corrected chi connectivity index (χ4v) is 2.52. The summed E-state index contributed by atoms with van der Waals surface area (Å²) in [5.74, 6) is 0.366. The van der Waals surface area contributed by atoms with Crippen LogP contribution in [0.5, 0.6) is 5.75 Å². The van der Waals surface area contributed by atoms with E-state index in [1.165, 1.54) is 0 Å². The average Bonchev–Trinajstić information content (AvgIpc) is 2.46. The summed E-state index contributed by atoms with van der Waals surface area (Å²) in [5.41, 5.74) is 2.12. The molecule has 6 heteroatoms. The molecule has 112 valence electrons. The second-order valence-corrected chi connectivity index (χ2v) is 4.98. The predicted molar refractivity (Wildman–Crippen MR) is 83.9 cm³/mol. The smallest absolute Gasteiger partial charge is 0.338 e. The number of ether oxygens (including phenoxy) is 2. The average molecular weight is 306 g/mol. The van der Waals surface area contributed by atoms with Gasteiger partial charge in [-0.25, -0.2) is 4.79 Å². The van der Waals surface area contributed by atoms with Crippen molar-refractivity contribution in [2.24, 2.45) is 0 Å². The fourth-order valence-electron chi connectivity index (χ4n) is 2.24. The molecule has 0 amide bonds. The summed E-state index contributed by atoms with van der Waals surface area (Å²) in [6.07, 6.45) is 0. The first-order chi connectivity index (χ1) is 10.1. The highest BCUT2D eigenvalue weighted by atomic mass is 32.1. The number of carbonyl (C=O) groups excluding carboxylic acids is 1. The molecule has 0 unspecified atom stereocenters. The zero-order chi connectivity index (χ0) is 15.4. The SMILES string of the molecule is CCOC(=O)C1=C(C)NC(=S)N[C@H]1c1cccc(OC)c1. The van der Waals surface area contributed by atoms with E-state index >= 15 is 0 Å². The summed E-state index contributed by atoms with van der Waals surface area (Å²) in [4.78, 5) is 12.2. The third-order valence-corrected chi connectivity index (χ3v) is 3.41. The summed E-state index contributed by atoms with van der Waals surface area (Å²) >= 11 is 5.19. The zero-order valence-corrected chi connectivity index (χ0v) is 13.0. The molecule has 5 nitrogen and oxygen atoms in total. The molecule has 1 aliphatic rings. The van der Waals surface area contributed by atoms with Gasteiger partial charge in [0.05, 0.1) is 25.3 Å². The van der Waals surface area contributed by atoms with Gasteiger partial charge in [-0.3, -0.25) is 0 Å². The van der Waals surface area contributed by atoms with Gasteiger partial charge in [-0.15, -0.1) is 0 Å². The van der Waals surface area contributed by atoms with Crippen LogP contribution in [0.4, 0.5) is 0 Å². The minimum absolute atomic E-state index is 0.324. The van der Waals surface area contributed by atoms with Crippen molar-refractivity contribution < 1.29 is 14.3 Å². The number of nitrogens with one attached hydrogen (secondary N) is 2. The number of thiocarbonyl (C=S) groups is 1. The molecule has 1 aromatic rings. The van der Waals surface area contributed by atoms with Crippen LogP contribution in [0.2, 0.25) is 0 Å². The first kappa shape index (κ1) is 15.3. The maximum absolute atomic E-state index is 12.2. The maximum atomic E-state index is 12.2. The van der Waals surface area contributed by atoms with Crippen LogP contribution in [0.1, 0.15) is 25.5 Å². The standard InChI is InChI=1S/C15H18N2O3S/c1-4-20-14(18)12-9(2)16-15(21)17-13(12)10-6-5-7-11(8-10)19-3/h5-8,13H,4H2,1-3H3,(H2,16,17,21)/t13-/m0/s1. The van der Waals surface area contributed by atoms with Crippen molar-refractivity contribution in [1.82, 2.24) is 10.6 Å². The Kier molecular flexibility index (Phi) is 4.80. The lowest BCUT2D eigenvalue weighted by Crippen LogP contribution is -2.45. The Balaban J connectivity index is 2.44. The molecule has 0 saturated heterocycles. The van der Waals surface area contributed by atoms with Gasteiger partial charge in [0.15, 0.2) is 5.11 Å². The first-order valence-corrected chi connectivity index (χ1v) is 7.07. The Morgan fingerprint density at radius 1 is 1.43 bits per heavy atom. The van der Waals surface area contributed by atoms with Gasteiger partial charge >= 0.3 is 5.97 Å². The lowest BCUT2D eigenvalue weighted by Gasteiger charge is -2.29. The van der Waals surface area contributed by atoms with Crippen LogP contribution in [0, 0.1) is 0 Å². The molecule has 0 radical (unpaired) electrons. The van der Waals surface area contributed by atoms with Crippen molar-refractivity contribution in [2.75, 3.05) is 13.7 Å². The Bertz CT molecular complexity index is 598. The molecule has 0 aliphatic carbocycles. The lowest BCUT2D eigenvalue weighted by atomic mass is 9.95. The molecule has 1 aliphatic heterocycles. The van der Waals surface area contributed by atoms with Crippen molar-refractivity contribution >= 4 is 23.3 Å². The van der Waals surface area contributed by atoms with Crippen molar-refractivity contribution in [3.63, 3.8) is 0 Å². The number of methoxy groups -OCH3 is 1. The van der Waals surface area contributed by atoms with Crippen molar-refractivity contribution in [2.45, 2.75) is 19.9 Å². The molecule has 0 bridgehead atoms. The summed E-state index contributed by atoms with van der Waals surface area (Å²) in [5, 5.41) is 6.55. The summed E-state index contributed by atoms with van der Waals surface area (Å²) in [7, 11) is 1.60. The van der Waals surface area contributed by atoms with Gasteiger partial charge in [-0.1, -0.05) is 12.1 Å². The van der Waals surface area contributed by atoms with Gasteiger partial charge in [0.2, 0.25) is 0 Å². The van der Waals surface area contributed by atoms with Gasteiger partial charge in [0, 0.05) is 5.70 Å². The molecule has 0 spiro atoms. The van der Waals surface area contributed by atoms with Gasteiger partial charge < -0.3 is 20.1 Å². The molecule has 0 fully saturated rings. The molecule has 0 aromatic heterocycles. The lowest BCUT2D eigenvalue weighted by molar-refractivity contribution is -0.139. The summed E-state index contributed by atoms with van der Waals surface area (Å²) in [6.45, 7) is 3.92. The zero-order valence-electron chi connectivity index (χ0n) is 12.2. The van der Waals surface area contributed by atoms with Gasteiger partial charge in [-0.2, -0.15) is 0 Å². The van der Waals surface area contributed by atoms with E-state index in [4.69, 9.17) is 21.7 Å². The Labute approximate surface area is 129 Å². The van der Waals surface area contributed by atoms with Crippen LogP contribution >= 0.6 is 12.2 Å². The van der Waals surface area contributed by atoms with E-state index in [0.717, 1.165) is 11.3 Å². The van der Waals surface area contributed by atoms with Gasteiger partial charge in [0.1, 0.15) is 5.75 Å². The number of benzene rings is 1. The summed E-state index contributed by atoms with van der Waals surface area (Å²) < 4.78 is 10.4.